The lowest BCUT2D eigenvalue weighted by atomic mass is 9.89. The Balaban J connectivity index is 0.00000208. The second kappa shape index (κ2) is 6.39. The number of amides is 3. The minimum absolute atomic E-state index is 0. The molecule has 0 spiro atoms. The van der Waals surface area contributed by atoms with E-state index in [2.05, 4.69) is 10.3 Å². The molecule has 132 valence electrons. The summed E-state index contributed by atoms with van der Waals surface area (Å²) in [5.74, 6) is -0.822. The molecule has 0 radical (unpaired) electrons. The third-order valence-corrected chi connectivity index (χ3v) is 4.09. The van der Waals surface area contributed by atoms with Gasteiger partial charge in [0.05, 0.1) is 0 Å². The number of aromatic nitrogens is 1. The molecule has 24 heavy (non-hydrogen) atoms. The van der Waals surface area contributed by atoms with Crippen LogP contribution in [0.25, 0.3) is 0 Å². The molecule has 0 aliphatic carbocycles. The second-order valence-corrected chi connectivity index (χ2v) is 5.65. The van der Waals surface area contributed by atoms with Gasteiger partial charge in [0.25, 0.3) is 5.91 Å². The van der Waals surface area contributed by atoms with Crippen LogP contribution in [0, 0.1) is 0 Å². The molecule has 6 nitrogen and oxygen atoms in total. The van der Waals surface area contributed by atoms with Gasteiger partial charge >= 0.3 is 12.2 Å². The summed E-state index contributed by atoms with van der Waals surface area (Å²) in [6, 6.07) is 4.24. The van der Waals surface area contributed by atoms with Gasteiger partial charge in [-0.2, -0.15) is 13.2 Å². The van der Waals surface area contributed by atoms with Crippen LogP contribution < -0.4 is 5.32 Å². The molecular weight excluding hydrogens is 325 g/mol. The number of hydrogen-bond acceptors (Lipinski definition) is 4. The van der Waals surface area contributed by atoms with Crippen LogP contribution >= 0.6 is 0 Å². The van der Waals surface area contributed by atoms with Gasteiger partial charge in [0.2, 0.25) is 0 Å². The van der Waals surface area contributed by atoms with Crippen molar-refractivity contribution in [2.45, 2.75) is 25.6 Å². The van der Waals surface area contributed by atoms with Crippen molar-refractivity contribution in [3.05, 3.63) is 30.1 Å². The van der Waals surface area contributed by atoms with E-state index in [-0.39, 0.29) is 26.9 Å². The first-order chi connectivity index (χ1) is 10.8. The summed E-state index contributed by atoms with van der Waals surface area (Å²) in [4.78, 5) is 30.6. The van der Waals surface area contributed by atoms with Crippen LogP contribution in [0.15, 0.2) is 24.4 Å². The largest absolute Gasteiger partial charge is 0.406 e. The van der Waals surface area contributed by atoms with Crippen molar-refractivity contribution in [1.82, 2.24) is 20.1 Å². The zero-order valence-electron chi connectivity index (χ0n) is 12.1. The van der Waals surface area contributed by atoms with Gasteiger partial charge in [-0.15, -0.1) is 0 Å². The second-order valence-electron chi connectivity index (χ2n) is 5.65. The number of carbonyl (C=O) groups excluding carboxylic acids is 2. The van der Waals surface area contributed by atoms with E-state index in [1.165, 1.54) is 4.90 Å². The highest BCUT2D eigenvalue weighted by atomic mass is 19.4. The average molecular weight is 344 g/mol. The maximum absolute atomic E-state index is 12.7. The highest BCUT2D eigenvalue weighted by molar-refractivity contribution is 6.07. The molecule has 3 amide bonds. The van der Waals surface area contributed by atoms with Gasteiger partial charge in [0, 0.05) is 37.9 Å². The normalized spacial score (nSPS) is 24.0. The Morgan fingerprint density at radius 1 is 1.29 bits per heavy atom. The van der Waals surface area contributed by atoms with E-state index in [0.29, 0.717) is 17.1 Å². The molecule has 2 aliphatic heterocycles. The molecule has 1 aromatic rings. The van der Waals surface area contributed by atoms with E-state index < -0.39 is 30.2 Å². The molecule has 2 aliphatic rings. The first-order valence-corrected chi connectivity index (χ1v) is 7.14. The summed E-state index contributed by atoms with van der Waals surface area (Å²) >= 11 is 0. The number of pyridine rings is 1. The molecule has 9 heteroatoms. The predicted molar refractivity (Wildman–Crippen MR) is 80.1 cm³/mol. The lowest BCUT2D eigenvalue weighted by Crippen LogP contribution is -2.63. The standard InChI is InChI=1S/C14H15F3N4O2.CH4/c15-14(16,17)9-20-11(22)13(7-10-3-1-2-4-19-10)8-18-5-6-21(13)12(20)23;/h1-4,18H,5-9H2;1H4. The summed E-state index contributed by atoms with van der Waals surface area (Å²) < 4.78 is 38.1. The van der Waals surface area contributed by atoms with Crippen LogP contribution in [0.2, 0.25) is 0 Å². The predicted octanol–water partition coefficient (Wildman–Crippen LogP) is 1.43. The van der Waals surface area contributed by atoms with Gasteiger partial charge in [-0.25, -0.2) is 4.79 Å². The minimum Gasteiger partial charge on any atom is -0.312 e. The van der Waals surface area contributed by atoms with E-state index >= 15 is 0 Å². The molecule has 1 N–H and O–H groups in total. The van der Waals surface area contributed by atoms with Crippen LogP contribution in [-0.2, 0) is 11.2 Å². The fourth-order valence-corrected chi connectivity index (χ4v) is 3.10. The van der Waals surface area contributed by atoms with Gasteiger partial charge in [-0.05, 0) is 12.1 Å². The summed E-state index contributed by atoms with van der Waals surface area (Å²) in [7, 11) is 0. The lowest BCUT2D eigenvalue weighted by molar-refractivity contribution is -0.155. The number of urea groups is 1. The number of nitrogens with one attached hydrogen (secondary N) is 1. The number of hydrogen-bond donors (Lipinski definition) is 1. The molecule has 2 saturated heterocycles. The Morgan fingerprint density at radius 2 is 2.04 bits per heavy atom. The van der Waals surface area contributed by atoms with Crippen LogP contribution in [0.5, 0.6) is 0 Å². The molecule has 1 unspecified atom stereocenters. The summed E-state index contributed by atoms with van der Waals surface area (Å²) in [5, 5.41) is 3.00. The van der Waals surface area contributed by atoms with Crippen molar-refractivity contribution in [2.24, 2.45) is 0 Å². The van der Waals surface area contributed by atoms with Crippen LogP contribution in [0.3, 0.4) is 0 Å². The van der Waals surface area contributed by atoms with Crippen molar-refractivity contribution >= 4 is 11.9 Å². The average Bonchev–Trinajstić information content (AvgIpc) is 2.70. The first kappa shape index (κ1) is 18.2. The quantitative estimate of drug-likeness (QED) is 0.843. The highest BCUT2D eigenvalue weighted by Crippen LogP contribution is 2.34. The van der Waals surface area contributed by atoms with Crippen LogP contribution in [-0.4, -0.2) is 64.6 Å². The number of rotatable bonds is 3. The van der Waals surface area contributed by atoms with Crippen molar-refractivity contribution in [2.75, 3.05) is 26.2 Å². The Morgan fingerprint density at radius 3 is 2.67 bits per heavy atom. The molecule has 0 bridgehead atoms. The Kier molecular flexibility index (Phi) is 4.84. The number of imide groups is 1. The van der Waals surface area contributed by atoms with Crippen molar-refractivity contribution < 1.29 is 22.8 Å². The number of fused-ring (bicyclic) bond motifs is 1. The zero-order valence-corrected chi connectivity index (χ0v) is 12.1. The van der Waals surface area contributed by atoms with Crippen molar-refractivity contribution in [3.63, 3.8) is 0 Å². The van der Waals surface area contributed by atoms with Crippen LogP contribution in [0.1, 0.15) is 13.1 Å². The molecule has 2 fully saturated rings. The molecule has 3 heterocycles. The molecule has 1 atom stereocenters. The molecule has 3 rings (SSSR count). The van der Waals surface area contributed by atoms with Crippen molar-refractivity contribution in [3.8, 4) is 0 Å². The van der Waals surface area contributed by atoms with E-state index in [0.717, 1.165) is 0 Å². The highest BCUT2D eigenvalue weighted by Gasteiger charge is 2.59. The monoisotopic (exact) mass is 344 g/mol. The summed E-state index contributed by atoms with van der Waals surface area (Å²) in [5.41, 5.74) is -0.786. The molecule has 0 aromatic carbocycles. The fourth-order valence-electron chi connectivity index (χ4n) is 3.10. The Labute approximate surface area is 137 Å². The Bertz CT molecular complexity index is 623. The first-order valence-electron chi connectivity index (χ1n) is 7.14. The maximum atomic E-state index is 12.7. The van der Waals surface area contributed by atoms with Crippen molar-refractivity contribution in [1.29, 1.82) is 0 Å². The van der Waals surface area contributed by atoms with Gasteiger partial charge in [0.15, 0.2) is 0 Å². The fraction of sp³-hybridized carbons (Fsp3) is 0.533. The van der Waals surface area contributed by atoms with Gasteiger partial charge in [0.1, 0.15) is 12.1 Å². The third kappa shape index (κ3) is 3.08. The smallest absolute Gasteiger partial charge is 0.312 e. The number of piperazine rings is 1. The Hall–Kier alpha value is -2.16. The van der Waals surface area contributed by atoms with Gasteiger partial charge in [-0.3, -0.25) is 14.7 Å². The van der Waals surface area contributed by atoms with E-state index in [9.17, 15) is 22.8 Å². The number of carbonyl (C=O) groups is 2. The summed E-state index contributed by atoms with van der Waals surface area (Å²) in [6.45, 7) is -0.831. The number of alkyl halides is 3. The minimum atomic E-state index is -4.63. The topological polar surface area (TPSA) is 65.5 Å². The van der Waals surface area contributed by atoms with Crippen LogP contribution in [0.4, 0.5) is 18.0 Å². The molecule has 1 aromatic heterocycles. The van der Waals surface area contributed by atoms with Gasteiger partial charge < -0.3 is 10.2 Å². The zero-order chi connectivity index (χ0) is 16.7. The number of halogens is 3. The SMILES string of the molecule is C.O=C1N(CC(F)(F)F)C(=O)C2(Cc3ccccn3)CNCCN12. The van der Waals surface area contributed by atoms with E-state index in [4.69, 9.17) is 0 Å². The van der Waals surface area contributed by atoms with Gasteiger partial charge in [-0.1, -0.05) is 13.5 Å². The third-order valence-electron chi connectivity index (χ3n) is 4.09. The maximum Gasteiger partial charge on any atom is 0.406 e. The van der Waals surface area contributed by atoms with E-state index in [1.54, 1.807) is 24.4 Å². The van der Waals surface area contributed by atoms with E-state index in [1.807, 2.05) is 0 Å². The number of nitrogens with zero attached hydrogens (tertiary/aromatic N) is 3. The molecular formula is C15H19F3N4O2. The lowest BCUT2D eigenvalue weighted by Gasteiger charge is -2.39. The summed E-state index contributed by atoms with van der Waals surface area (Å²) in [6.07, 6.45) is -3.00. The molecule has 0 saturated carbocycles.